The predicted molar refractivity (Wildman–Crippen MR) is 94.1 cm³/mol. The van der Waals surface area contributed by atoms with Crippen molar-refractivity contribution in [3.8, 4) is 11.1 Å². The summed E-state index contributed by atoms with van der Waals surface area (Å²) in [6, 6.07) is 11.7. The van der Waals surface area contributed by atoms with Gasteiger partial charge in [-0.2, -0.15) is 0 Å². The van der Waals surface area contributed by atoms with E-state index in [9.17, 15) is 8.78 Å². The molecule has 0 aliphatic carbocycles. The fourth-order valence-corrected chi connectivity index (χ4v) is 3.19. The van der Waals surface area contributed by atoms with Crippen molar-refractivity contribution in [3.05, 3.63) is 59.7 Å². The third-order valence-corrected chi connectivity index (χ3v) is 4.81. The first-order valence-corrected chi connectivity index (χ1v) is 8.62. The first kappa shape index (κ1) is 17.1. The van der Waals surface area contributed by atoms with Crippen LogP contribution in [0.5, 0.6) is 0 Å². The molecule has 1 aliphatic rings. The summed E-state index contributed by atoms with van der Waals surface area (Å²) in [6.45, 7) is 7.73. The van der Waals surface area contributed by atoms with E-state index in [0.29, 0.717) is 11.5 Å². The Bertz CT molecular complexity index is 664. The average molecular weight is 330 g/mol. The molecule has 4 heteroatoms. The lowest BCUT2D eigenvalue weighted by Gasteiger charge is -2.28. The van der Waals surface area contributed by atoms with Gasteiger partial charge in [-0.1, -0.05) is 31.2 Å². The minimum Gasteiger partial charge on any atom is -0.314 e. The number of hydrogen-bond donors (Lipinski definition) is 1. The van der Waals surface area contributed by atoms with Crippen LogP contribution in [0.1, 0.15) is 24.8 Å². The van der Waals surface area contributed by atoms with Crippen molar-refractivity contribution in [1.82, 2.24) is 10.2 Å². The minimum atomic E-state index is -0.547. The van der Waals surface area contributed by atoms with Gasteiger partial charge in [-0.25, -0.2) is 8.78 Å². The van der Waals surface area contributed by atoms with Gasteiger partial charge in [-0.05, 0) is 42.1 Å². The Morgan fingerprint density at radius 1 is 1.04 bits per heavy atom. The van der Waals surface area contributed by atoms with E-state index in [1.807, 2.05) is 12.1 Å². The summed E-state index contributed by atoms with van der Waals surface area (Å²) in [6.07, 6.45) is 1.12. The van der Waals surface area contributed by atoms with Gasteiger partial charge in [0, 0.05) is 37.8 Å². The molecule has 0 aromatic heterocycles. The molecule has 2 aromatic carbocycles. The molecule has 1 fully saturated rings. The Labute approximate surface area is 142 Å². The molecule has 0 bridgehead atoms. The summed E-state index contributed by atoms with van der Waals surface area (Å²) in [5, 5.41) is 3.37. The van der Waals surface area contributed by atoms with E-state index in [-0.39, 0.29) is 0 Å². The van der Waals surface area contributed by atoms with Gasteiger partial charge in [-0.3, -0.25) is 0 Å². The normalized spacial score (nSPS) is 17.0. The maximum atomic E-state index is 13.9. The SMILES string of the molecule is CC(CCN1CCNCC1)c1ccc(-c2ccc(F)cc2F)cc1. The minimum absolute atomic E-state index is 0.441. The van der Waals surface area contributed by atoms with Gasteiger partial charge >= 0.3 is 0 Å². The van der Waals surface area contributed by atoms with Crippen LogP contribution in [0, 0.1) is 11.6 Å². The molecule has 2 nitrogen and oxygen atoms in total. The maximum Gasteiger partial charge on any atom is 0.133 e. The van der Waals surface area contributed by atoms with Crippen molar-refractivity contribution < 1.29 is 8.78 Å². The van der Waals surface area contributed by atoms with E-state index in [1.165, 1.54) is 17.7 Å². The zero-order chi connectivity index (χ0) is 16.9. The van der Waals surface area contributed by atoms with Crippen LogP contribution < -0.4 is 5.32 Å². The quantitative estimate of drug-likeness (QED) is 0.890. The molecule has 128 valence electrons. The largest absolute Gasteiger partial charge is 0.314 e. The third-order valence-electron chi connectivity index (χ3n) is 4.81. The summed E-state index contributed by atoms with van der Waals surface area (Å²) in [4.78, 5) is 2.50. The van der Waals surface area contributed by atoms with Crippen molar-refractivity contribution in [1.29, 1.82) is 0 Å². The van der Waals surface area contributed by atoms with Gasteiger partial charge < -0.3 is 10.2 Å². The Kier molecular flexibility index (Phi) is 5.59. The van der Waals surface area contributed by atoms with Gasteiger partial charge in [0.2, 0.25) is 0 Å². The number of nitrogens with one attached hydrogen (secondary N) is 1. The first-order valence-electron chi connectivity index (χ1n) is 8.62. The topological polar surface area (TPSA) is 15.3 Å². The molecule has 0 radical (unpaired) electrons. The zero-order valence-electron chi connectivity index (χ0n) is 14.1. The number of piperazine rings is 1. The highest BCUT2D eigenvalue weighted by Gasteiger charge is 2.13. The van der Waals surface area contributed by atoms with E-state index >= 15 is 0 Å². The molecule has 2 aromatic rings. The Morgan fingerprint density at radius 3 is 2.42 bits per heavy atom. The fraction of sp³-hybridized carbons (Fsp3) is 0.400. The van der Waals surface area contributed by atoms with Crippen molar-refractivity contribution >= 4 is 0 Å². The smallest absolute Gasteiger partial charge is 0.133 e. The molecule has 1 unspecified atom stereocenters. The highest BCUT2D eigenvalue weighted by Crippen LogP contribution is 2.26. The summed E-state index contributed by atoms with van der Waals surface area (Å²) < 4.78 is 26.9. The van der Waals surface area contributed by atoms with Crippen LogP contribution in [0.3, 0.4) is 0 Å². The number of halogens is 2. The first-order chi connectivity index (χ1) is 11.6. The second kappa shape index (κ2) is 7.86. The summed E-state index contributed by atoms with van der Waals surface area (Å²) in [7, 11) is 0. The van der Waals surface area contributed by atoms with Crippen molar-refractivity contribution in [2.24, 2.45) is 0 Å². The van der Waals surface area contributed by atoms with E-state index in [1.54, 1.807) is 0 Å². The molecule has 1 aliphatic heterocycles. The van der Waals surface area contributed by atoms with Gasteiger partial charge in [-0.15, -0.1) is 0 Å². The van der Waals surface area contributed by atoms with Crippen molar-refractivity contribution in [2.45, 2.75) is 19.3 Å². The van der Waals surface area contributed by atoms with Crippen LogP contribution in [0.15, 0.2) is 42.5 Å². The lowest BCUT2D eigenvalue weighted by atomic mass is 9.95. The van der Waals surface area contributed by atoms with Gasteiger partial charge in [0.15, 0.2) is 0 Å². The second-order valence-electron chi connectivity index (χ2n) is 6.53. The van der Waals surface area contributed by atoms with Crippen LogP contribution in [0.4, 0.5) is 8.78 Å². The summed E-state index contributed by atoms with van der Waals surface area (Å²) >= 11 is 0. The highest BCUT2D eigenvalue weighted by atomic mass is 19.1. The van der Waals surface area contributed by atoms with Gasteiger partial charge in [0.1, 0.15) is 11.6 Å². The number of benzene rings is 2. The van der Waals surface area contributed by atoms with Crippen LogP contribution >= 0.6 is 0 Å². The van der Waals surface area contributed by atoms with Gasteiger partial charge in [0.05, 0.1) is 0 Å². The van der Waals surface area contributed by atoms with E-state index in [4.69, 9.17) is 0 Å². The number of nitrogens with zero attached hydrogens (tertiary/aromatic N) is 1. The van der Waals surface area contributed by atoms with Crippen LogP contribution in [0.2, 0.25) is 0 Å². The second-order valence-corrected chi connectivity index (χ2v) is 6.53. The molecule has 0 amide bonds. The summed E-state index contributed by atoms with van der Waals surface area (Å²) in [5.41, 5.74) is 2.48. The van der Waals surface area contributed by atoms with Crippen LogP contribution in [-0.4, -0.2) is 37.6 Å². The van der Waals surface area contributed by atoms with E-state index in [2.05, 4.69) is 29.3 Å². The number of rotatable bonds is 5. The van der Waals surface area contributed by atoms with Gasteiger partial charge in [0.25, 0.3) is 0 Å². The van der Waals surface area contributed by atoms with Crippen LogP contribution in [-0.2, 0) is 0 Å². The monoisotopic (exact) mass is 330 g/mol. The molecule has 1 atom stereocenters. The molecule has 3 rings (SSSR count). The molecule has 1 N–H and O–H groups in total. The Hall–Kier alpha value is -1.78. The average Bonchev–Trinajstić information content (AvgIpc) is 2.61. The molecular weight excluding hydrogens is 306 g/mol. The molecule has 1 saturated heterocycles. The van der Waals surface area contributed by atoms with E-state index in [0.717, 1.165) is 50.8 Å². The van der Waals surface area contributed by atoms with Crippen LogP contribution in [0.25, 0.3) is 11.1 Å². The molecule has 24 heavy (non-hydrogen) atoms. The zero-order valence-corrected chi connectivity index (χ0v) is 14.1. The molecule has 0 spiro atoms. The molecule has 0 saturated carbocycles. The Balaban J connectivity index is 1.62. The lowest BCUT2D eigenvalue weighted by Crippen LogP contribution is -2.43. The summed E-state index contributed by atoms with van der Waals surface area (Å²) in [5.74, 6) is -0.601. The Morgan fingerprint density at radius 2 is 1.75 bits per heavy atom. The number of hydrogen-bond acceptors (Lipinski definition) is 2. The maximum absolute atomic E-state index is 13.9. The molecular formula is C20H24F2N2. The van der Waals surface area contributed by atoms with Crippen molar-refractivity contribution in [2.75, 3.05) is 32.7 Å². The van der Waals surface area contributed by atoms with E-state index < -0.39 is 11.6 Å². The standard InChI is InChI=1S/C20H24F2N2/c1-15(8-11-24-12-9-23-10-13-24)16-2-4-17(5-3-16)19-7-6-18(21)14-20(19)22/h2-7,14-15,23H,8-13H2,1H3. The fourth-order valence-electron chi connectivity index (χ4n) is 3.19. The van der Waals surface area contributed by atoms with Crippen molar-refractivity contribution in [3.63, 3.8) is 0 Å². The lowest BCUT2D eigenvalue weighted by molar-refractivity contribution is 0.234. The predicted octanol–water partition coefficient (Wildman–Crippen LogP) is 4.03. The highest BCUT2D eigenvalue weighted by molar-refractivity contribution is 5.64. The third kappa shape index (κ3) is 4.19. The molecule has 1 heterocycles.